The first-order valence-corrected chi connectivity index (χ1v) is 13.9. The van der Waals surface area contributed by atoms with Gasteiger partial charge in [-0.05, 0) is 58.0 Å². The van der Waals surface area contributed by atoms with E-state index in [1.54, 1.807) is 12.1 Å². The first kappa shape index (κ1) is 25.1. The van der Waals surface area contributed by atoms with Crippen molar-refractivity contribution in [3.63, 3.8) is 0 Å². The number of ether oxygens (including phenoxy) is 4. The Balaban J connectivity index is 1.58. The summed E-state index contributed by atoms with van der Waals surface area (Å²) in [6, 6.07) is 18.2. The first-order chi connectivity index (χ1) is 17.5. The topological polar surface area (TPSA) is 74.2 Å². The largest absolute Gasteiger partial charge is 0.493 e. The minimum Gasteiger partial charge on any atom is -0.493 e. The molecule has 2 aliphatic heterocycles. The van der Waals surface area contributed by atoms with Crippen LogP contribution in [0.3, 0.4) is 0 Å². The van der Waals surface area contributed by atoms with Crippen molar-refractivity contribution in [2.45, 2.75) is 16.6 Å². The Kier molecular flexibility index (Phi) is 7.28. The highest BCUT2D eigenvalue weighted by atomic mass is 32.2. The number of benzene rings is 3. The summed E-state index contributed by atoms with van der Waals surface area (Å²) < 4.78 is 21.7. The second kappa shape index (κ2) is 10.4. The zero-order valence-electron chi connectivity index (χ0n) is 20.6. The van der Waals surface area contributed by atoms with Crippen LogP contribution in [-0.4, -0.2) is 50.5 Å². The lowest BCUT2D eigenvalue weighted by molar-refractivity contribution is -0.144. The Morgan fingerprint density at radius 2 is 1.61 bits per heavy atom. The highest BCUT2D eigenvalue weighted by Crippen LogP contribution is 2.60. The lowest BCUT2D eigenvalue weighted by Gasteiger charge is -2.43. The van der Waals surface area contributed by atoms with Crippen LogP contribution in [0.25, 0.3) is 10.8 Å². The van der Waals surface area contributed by atoms with Crippen molar-refractivity contribution in [1.29, 1.82) is 0 Å². The fourth-order valence-electron chi connectivity index (χ4n) is 5.26. The molecule has 2 saturated heterocycles. The Morgan fingerprint density at radius 1 is 0.944 bits per heavy atom. The number of rotatable bonds is 7. The second-order valence-corrected chi connectivity index (χ2v) is 11.9. The van der Waals surface area contributed by atoms with Gasteiger partial charge in [0.1, 0.15) is 0 Å². The number of methoxy groups -OCH3 is 3. The van der Waals surface area contributed by atoms with Crippen molar-refractivity contribution < 1.29 is 28.8 Å². The molecule has 0 saturated carbocycles. The molecule has 190 valence electrons. The fraction of sp³-hybridized carbons (Fsp3) is 0.393. The third-order valence-corrected chi connectivity index (χ3v) is 10.7. The Bertz CT molecular complexity index is 1230. The summed E-state index contributed by atoms with van der Waals surface area (Å²) in [6.07, 6.45) is 0.00546. The maximum atomic E-state index is 13.2. The average molecular weight is 527 g/mol. The van der Waals surface area contributed by atoms with Crippen LogP contribution in [0.4, 0.5) is 0 Å². The SMILES string of the molecule is COc1cc([C@@H](O)[C@@H]2C(=O)OC[C@H]2C2(c3ccc4ccccc4c3)SCCCS2)cc(OC)c1OC. The van der Waals surface area contributed by atoms with E-state index < -0.39 is 16.1 Å². The third-order valence-electron chi connectivity index (χ3n) is 7.04. The van der Waals surface area contributed by atoms with Crippen LogP contribution in [0.5, 0.6) is 17.2 Å². The van der Waals surface area contributed by atoms with Gasteiger partial charge in [-0.2, -0.15) is 0 Å². The predicted molar refractivity (Wildman–Crippen MR) is 144 cm³/mol. The molecule has 3 atom stereocenters. The van der Waals surface area contributed by atoms with Crippen LogP contribution in [0.1, 0.15) is 23.7 Å². The first-order valence-electron chi connectivity index (χ1n) is 11.9. The van der Waals surface area contributed by atoms with Crippen LogP contribution < -0.4 is 14.2 Å². The van der Waals surface area contributed by atoms with Gasteiger partial charge in [-0.25, -0.2) is 0 Å². The standard InChI is InChI=1S/C28H30O6S2/c1-31-22-14-19(15-23(32-2)26(22)33-3)25(29)24-21(16-34-27(24)30)28(35-11-6-12-36-28)20-10-9-17-7-4-5-8-18(17)13-20/h4-5,7-10,13-15,21,24-25,29H,6,11-12,16H2,1-3H3/t21-,24-,25-/m1/s1. The molecular weight excluding hydrogens is 496 g/mol. The molecule has 0 aliphatic carbocycles. The minimum atomic E-state index is -1.10. The predicted octanol–water partition coefficient (Wildman–Crippen LogP) is 5.41. The summed E-state index contributed by atoms with van der Waals surface area (Å²) in [6.45, 7) is 0.262. The normalized spacial score (nSPS) is 22.2. The van der Waals surface area contributed by atoms with Crippen molar-refractivity contribution in [3.05, 3.63) is 65.7 Å². The number of fused-ring (bicyclic) bond motifs is 1. The summed E-state index contributed by atoms with van der Waals surface area (Å²) in [5, 5.41) is 14.0. The van der Waals surface area contributed by atoms with Crippen LogP contribution in [0, 0.1) is 11.8 Å². The number of cyclic esters (lactones) is 1. The van der Waals surface area contributed by atoms with Gasteiger partial charge in [-0.1, -0.05) is 36.4 Å². The molecule has 2 fully saturated rings. The number of carbonyl (C=O) groups is 1. The van der Waals surface area contributed by atoms with Gasteiger partial charge in [-0.3, -0.25) is 4.79 Å². The van der Waals surface area contributed by atoms with E-state index in [1.807, 2.05) is 35.7 Å². The lowest BCUT2D eigenvalue weighted by Crippen LogP contribution is -2.39. The molecule has 3 aromatic carbocycles. The van der Waals surface area contributed by atoms with E-state index in [-0.39, 0.29) is 18.5 Å². The van der Waals surface area contributed by atoms with E-state index in [0.29, 0.717) is 22.8 Å². The van der Waals surface area contributed by atoms with Crippen LogP contribution >= 0.6 is 23.5 Å². The van der Waals surface area contributed by atoms with Crippen LogP contribution in [0.2, 0.25) is 0 Å². The van der Waals surface area contributed by atoms with Gasteiger partial charge in [0.05, 0.1) is 44.0 Å². The van der Waals surface area contributed by atoms with E-state index in [9.17, 15) is 9.90 Å². The minimum absolute atomic E-state index is 0.226. The number of aliphatic hydroxyl groups excluding tert-OH is 1. The maximum absolute atomic E-state index is 13.2. The van der Waals surface area contributed by atoms with Crippen molar-refractivity contribution in [3.8, 4) is 17.2 Å². The van der Waals surface area contributed by atoms with Gasteiger partial charge in [-0.15, -0.1) is 23.5 Å². The molecule has 36 heavy (non-hydrogen) atoms. The van der Waals surface area contributed by atoms with Gasteiger partial charge < -0.3 is 24.1 Å². The monoisotopic (exact) mass is 526 g/mol. The van der Waals surface area contributed by atoms with Crippen molar-refractivity contribution >= 4 is 40.3 Å². The summed E-state index contributed by atoms with van der Waals surface area (Å²) >= 11 is 3.72. The van der Waals surface area contributed by atoms with E-state index >= 15 is 0 Å². The van der Waals surface area contributed by atoms with Gasteiger partial charge in [0, 0.05) is 5.92 Å². The van der Waals surface area contributed by atoms with Crippen LogP contribution in [0.15, 0.2) is 54.6 Å². The molecule has 0 aromatic heterocycles. The Morgan fingerprint density at radius 3 is 2.25 bits per heavy atom. The molecule has 0 unspecified atom stereocenters. The van der Waals surface area contributed by atoms with Crippen molar-refractivity contribution in [2.75, 3.05) is 39.4 Å². The van der Waals surface area contributed by atoms with Crippen molar-refractivity contribution in [1.82, 2.24) is 0 Å². The van der Waals surface area contributed by atoms with E-state index in [2.05, 4.69) is 30.3 Å². The van der Waals surface area contributed by atoms with E-state index in [4.69, 9.17) is 18.9 Å². The zero-order valence-corrected chi connectivity index (χ0v) is 22.2. The highest BCUT2D eigenvalue weighted by Gasteiger charge is 2.55. The second-order valence-electron chi connectivity index (χ2n) is 8.95. The van der Waals surface area contributed by atoms with E-state index in [0.717, 1.165) is 28.9 Å². The summed E-state index contributed by atoms with van der Waals surface area (Å²) in [5.74, 6) is 1.92. The molecule has 5 rings (SSSR count). The summed E-state index contributed by atoms with van der Waals surface area (Å²) in [7, 11) is 4.60. The number of esters is 1. The maximum Gasteiger partial charge on any atom is 0.312 e. The van der Waals surface area contributed by atoms with Gasteiger partial charge in [0.2, 0.25) is 5.75 Å². The molecule has 8 heteroatoms. The Hall–Kier alpha value is -2.55. The quantitative estimate of drug-likeness (QED) is 0.410. The number of carbonyl (C=O) groups excluding carboxylic acids is 1. The number of hydrogen-bond donors (Lipinski definition) is 1. The molecule has 0 bridgehead atoms. The third kappa shape index (κ3) is 4.29. The number of thioether (sulfide) groups is 2. The molecular formula is C28H30O6S2. The average Bonchev–Trinajstić information content (AvgIpc) is 3.33. The molecule has 2 heterocycles. The number of aliphatic hydroxyl groups is 1. The van der Waals surface area contributed by atoms with Gasteiger partial charge >= 0.3 is 5.97 Å². The molecule has 2 aliphatic rings. The van der Waals surface area contributed by atoms with E-state index in [1.165, 1.54) is 26.7 Å². The molecule has 0 radical (unpaired) electrons. The van der Waals surface area contributed by atoms with Gasteiger partial charge in [0.15, 0.2) is 11.5 Å². The summed E-state index contributed by atoms with van der Waals surface area (Å²) in [4.78, 5) is 13.2. The Labute approximate surface area is 219 Å². The molecule has 0 spiro atoms. The number of hydrogen-bond acceptors (Lipinski definition) is 8. The smallest absolute Gasteiger partial charge is 0.312 e. The lowest BCUT2D eigenvalue weighted by atomic mass is 9.81. The summed E-state index contributed by atoms with van der Waals surface area (Å²) in [5.41, 5.74) is 1.68. The van der Waals surface area contributed by atoms with Crippen LogP contribution in [-0.2, 0) is 13.6 Å². The zero-order chi connectivity index (χ0) is 25.3. The molecule has 1 N–H and O–H groups in total. The van der Waals surface area contributed by atoms with Crippen molar-refractivity contribution in [2.24, 2.45) is 11.8 Å². The molecule has 6 nitrogen and oxygen atoms in total. The molecule has 3 aromatic rings. The molecule has 0 amide bonds. The van der Waals surface area contributed by atoms with Gasteiger partial charge in [0.25, 0.3) is 0 Å². The highest BCUT2D eigenvalue weighted by molar-refractivity contribution is 8.18. The fourth-order valence-corrected chi connectivity index (χ4v) is 8.90.